The van der Waals surface area contributed by atoms with Gasteiger partial charge in [-0.1, -0.05) is 6.07 Å². The van der Waals surface area contributed by atoms with Crippen molar-refractivity contribution in [3.63, 3.8) is 0 Å². The Morgan fingerprint density at radius 2 is 2.08 bits per heavy atom. The van der Waals surface area contributed by atoms with E-state index in [9.17, 15) is 0 Å². The van der Waals surface area contributed by atoms with Crippen molar-refractivity contribution in [3.05, 3.63) is 26.6 Å². The van der Waals surface area contributed by atoms with Gasteiger partial charge in [-0.2, -0.15) is 0 Å². The van der Waals surface area contributed by atoms with Crippen LogP contribution in [-0.2, 0) is 0 Å². The molecule has 0 radical (unpaired) electrons. The van der Waals surface area contributed by atoms with Gasteiger partial charge in [-0.25, -0.2) is 0 Å². The van der Waals surface area contributed by atoms with Gasteiger partial charge in [0.25, 0.3) is 0 Å². The second-order valence-electron chi connectivity index (χ2n) is 2.53. The lowest BCUT2D eigenvalue weighted by atomic mass is 10.5. The van der Waals surface area contributed by atoms with E-state index in [-0.39, 0.29) is 0 Å². The van der Waals surface area contributed by atoms with Crippen molar-refractivity contribution in [2.24, 2.45) is 0 Å². The molecule has 0 nitrogen and oxygen atoms in total. The van der Waals surface area contributed by atoms with Crippen LogP contribution in [0.5, 0.6) is 0 Å². The largest absolute Gasteiger partial charge is 0.144 e. The highest BCUT2D eigenvalue weighted by molar-refractivity contribution is 8.23. The summed E-state index contributed by atoms with van der Waals surface area (Å²) in [7, 11) is 0. The summed E-state index contributed by atoms with van der Waals surface area (Å²) < 4.78 is 1.49. The Morgan fingerprint density at radius 1 is 1.25 bits per heavy atom. The average molecular weight is 214 g/mol. The Balaban J connectivity index is 2.07. The molecule has 1 aliphatic heterocycles. The highest BCUT2D eigenvalue weighted by Crippen LogP contribution is 2.36. The first kappa shape index (κ1) is 8.73. The molecule has 2 heterocycles. The number of rotatable bonds is 1. The van der Waals surface area contributed by atoms with Gasteiger partial charge < -0.3 is 0 Å². The van der Waals surface area contributed by atoms with Crippen LogP contribution in [0.1, 0.15) is 11.3 Å². The van der Waals surface area contributed by atoms with Crippen LogP contribution in [0.25, 0.3) is 6.08 Å². The SMILES string of the molecule is C(=C1SCCCS1)c1cccs1. The summed E-state index contributed by atoms with van der Waals surface area (Å²) in [6.07, 6.45) is 3.66. The van der Waals surface area contributed by atoms with E-state index >= 15 is 0 Å². The first-order valence-corrected chi connectivity index (χ1v) is 6.81. The molecule has 3 heteroatoms. The van der Waals surface area contributed by atoms with E-state index < -0.39 is 0 Å². The second-order valence-corrected chi connectivity index (χ2v) is 6.04. The van der Waals surface area contributed by atoms with Crippen molar-refractivity contribution in [2.45, 2.75) is 6.42 Å². The molecule has 0 aromatic carbocycles. The number of thioether (sulfide) groups is 2. The molecule has 0 amide bonds. The molecule has 0 N–H and O–H groups in total. The molecule has 0 saturated carbocycles. The van der Waals surface area contributed by atoms with Crippen LogP contribution in [0.15, 0.2) is 21.7 Å². The number of thiophene rings is 1. The van der Waals surface area contributed by atoms with Gasteiger partial charge in [0, 0.05) is 9.11 Å². The number of hydrogen-bond donors (Lipinski definition) is 0. The third-order valence-corrected chi connectivity index (χ3v) is 4.90. The Bertz CT molecular complexity index is 253. The maximum Gasteiger partial charge on any atom is 0.0415 e. The van der Waals surface area contributed by atoms with Crippen LogP contribution in [-0.4, -0.2) is 11.5 Å². The molecule has 1 aliphatic rings. The molecule has 0 unspecified atom stereocenters. The fourth-order valence-corrected chi connectivity index (χ4v) is 4.24. The van der Waals surface area contributed by atoms with E-state index in [1.54, 1.807) is 0 Å². The second kappa shape index (κ2) is 4.40. The fourth-order valence-electron chi connectivity index (χ4n) is 1.02. The molecular weight excluding hydrogens is 204 g/mol. The summed E-state index contributed by atoms with van der Waals surface area (Å²) in [4.78, 5) is 1.38. The lowest BCUT2D eigenvalue weighted by Crippen LogP contribution is -1.90. The van der Waals surface area contributed by atoms with E-state index in [1.165, 1.54) is 27.0 Å². The molecule has 1 saturated heterocycles. The molecule has 12 heavy (non-hydrogen) atoms. The van der Waals surface area contributed by atoms with Gasteiger partial charge in [0.05, 0.1) is 0 Å². The third-order valence-electron chi connectivity index (χ3n) is 1.58. The summed E-state index contributed by atoms with van der Waals surface area (Å²) in [5.74, 6) is 2.59. The van der Waals surface area contributed by atoms with Crippen molar-refractivity contribution in [1.82, 2.24) is 0 Å². The van der Waals surface area contributed by atoms with E-state index in [0.29, 0.717) is 0 Å². The van der Waals surface area contributed by atoms with Gasteiger partial charge in [-0.05, 0) is 35.4 Å². The van der Waals surface area contributed by atoms with Crippen LogP contribution < -0.4 is 0 Å². The zero-order chi connectivity index (χ0) is 8.23. The Kier molecular flexibility index (Phi) is 3.20. The third kappa shape index (κ3) is 2.31. The van der Waals surface area contributed by atoms with Crippen LogP contribution in [0.3, 0.4) is 0 Å². The van der Waals surface area contributed by atoms with Gasteiger partial charge >= 0.3 is 0 Å². The molecule has 1 aromatic rings. The Morgan fingerprint density at radius 3 is 2.75 bits per heavy atom. The van der Waals surface area contributed by atoms with Gasteiger partial charge in [-0.15, -0.1) is 34.9 Å². The zero-order valence-corrected chi connectivity index (χ0v) is 9.10. The molecule has 1 aromatic heterocycles. The minimum absolute atomic E-state index is 1.30. The van der Waals surface area contributed by atoms with Gasteiger partial charge in [-0.3, -0.25) is 0 Å². The summed E-state index contributed by atoms with van der Waals surface area (Å²) in [5.41, 5.74) is 0. The molecular formula is C9H10S3. The average Bonchev–Trinajstić information content (AvgIpc) is 2.59. The molecule has 1 fully saturated rings. The van der Waals surface area contributed by atoms with Crippen LogP contribution in [0.2, 0.25) is 0 Å². The van der Waals surface area contributed by atoms with Gasteiger partial charge in [0.1, 0.15) is 0 Å². The van der Waals surface area contributed by atoms with E-state index in [2.05, 4.69) is 23.6 Å². The minimum Gasteiger partial charge on any atom is -0.144 e. The van der Waals surface area contributed by atoms with Crippen molar-refractivity contribution < 1.29 is 0 Å². The lowest BCUT2D eigenvalue weighted by Gasteiger charge is -2.11. The van der Waals surface area contributed by atoms with Gasteiger partial charge in [0.2, 0.25) is 0 Å². The van der Waals surface area contributed by atoms with Crippen LogP contribution in [0.4, 0.5) is 0 Å². The molecule has 0 spiro atoms. The Labute approximate surface area is 85.4 Å². The number of hydrogen-bond acceptors (Lipinski definition) is 3. The van der Waals surface area contributed by atoms with Crippen LogP contribution >= 0.6 is 34.9 Å². The fraction of sp³-hybridized carbons (Fsp3) is 0.333. The van der Waals surface area contributed by atoms with Crippen molar-refractivity contribution >= 4 is 40.9 Å². The highest BCUT2D eigenvalue weighted by atomic mass is 32.2. The van der Waals surface area contributed by atoms with Gasteiger partial charge in [0.15, 0.2) is 0 Å². The molecule has 0 bridgehead atoms. The smallest absolute Gasteiger partial charge is 0.0415 e. The highest BCUT2D eigenvalue weighted by Gasteiger charge is 2.05. The van der Waals surface area contributed by atoms with E-state index in [0.717, 1.165) is 0 Å². The van der Waals surface area contributed by atoms with Crippen molar-refractivity contribution in [1.29, 1.82) is 0 Å². The molecule has 0 aliphatic carbocycles. The summed E-state index contributed by atoms with van der Waals surface area (Å²) in [6, 6.07) is 4.28. The van der Waals surface area contributed by atoms with Crippen molar-refractivity contribution in [2.75, 3.05) is 11.5 Å². The quantitative estimate of drug-likeness (QED) is 0.695. The Hall–Kier alpha value is 0.140. The standard InChI is InChI=1S/C9H10S3/c1-3-8(10-4-1)7-9-11-5-2-6-12-9/h1,3-4,7H,2,5-6H2. The van der Waals surface area contributed by atoms with E-state index in [4.69, 9.17) is 0 Å². The minimum atomic E-state index is 1.30. The summed E-state index contributed by atoms with van der Waals surface area (Å²) in [6.45, 7) is 0. The summed E-state index contributed by atoms with van der Waals surface area (Å²) in [5, 5.41) is 2.13. The molecule has 0 atom stereocenters. The predicted octanol–water partition coefficient (Wildman–Crippen LogP) is 3.92. The molecule has 2 rings (SSSR count). The van der Waals surface area contributed by atoms with Crippen LogP contribution in [0, 0.1) is 0 Å². The lowest BCUT2D eigenvalue weighted by molar-refractivity contribution is 1.12. The molecule has 64 valence electrons. The maximum absolute atomic E-state index is 2.30. The summed E-state index contributed by atoms with van der Waals surface area (Å²) >= 11 is 5.80. The van der Waals surface area contributed by atoms with E-state index in [1.807, 2.05) is 34.9 Å². The normalized spacial score (nSPS) is 17.8. The monoisotopic (exact) mass is 214 g/mol. The topological polar surface area (TPSA) is 0 Å². The zero-order valence-electron chi connectivity index (χ0n) is 6.66. The maximum atomic E-state index is 2.30. The first-order valence-electron chi connectivity index (χ1n) is 3.96. The van der Waals surface area contributed by atoms with Crippen molar-refractivity contribution in [3.8, 4) is 0 Å². The first-order chi connectivity index (χ1) is 5.95. The predicted molar refractivity (Wildman–Crippen MR) is 61.8 cm³/mol.